The Kier molecular flexibility index (Phi) is 5.71. The Balaban J connectivity index is 2.37. The Bertz CT molecular complexity index is 575. The van der Waals surface area contributed by atoms with Crippen LogP contribution in [0.4, 0.5) is 0 Å². The molecule has 102 valence electrons. The molecule has 0 saturated carbocycles. The number of hydrogen-bond acceptors (Lipinski definition) is 2. The summed E-state index contributed by atoms with van der Waals surface area (Å²) in [5.41, 5.74) is 0.837. The second-order valence-corrected chi connectivity index (χ2v) is 6.53. The zero-order valence-electron chi connectivity index (χ0n) is 10.5. The molecule has 1 aromatic carbocycles. The number of alkyl halides is 1. The molecule has 1 heterocycles. The number of pyridine rings is 1. The van der Waals surface area contributed by atoms with E-state index in [1.807, 2.05) is 18.2 Å². The standard InChI is InChI=1S/C14H14BrClINO/c1-2-9(7-15)8-19-14-12(17)6-11(16)10-4-3-5-18-13(10)14/h3-6,9H,2,7-8H2,1H3. The topological polar surface area (TPSA) is 22.1 Å². The van der Waals surface area contributed by atoms with Gasteiger partial charge in [0.2, 0.25) is 0 Å². The summed E-state index contributed by atoms with van der Waals surface area (Å²) in [6.45, 7) is 2.85. The minimum atomic E-state index is 0.505. The highest BCUT2D eigenvalue weighted by Gasteiger charge is 2.13. The fraction of sp³-hybridized carbons (Fsp3) is 0.357. The fourth-order valence-electron chi connectivity index (χ4n) is 1.76. The van der Waals surface area contributed by atoms with E-state index in [4.69, 9.17) is 16.3 Å². The molecular formula is C14H14BrClINO. The Morgan fingerprint density at radius 3 is 3.00 bits per heavy atom. The highest BCUT2D eigenvalue weighted by molar-refractivity contribution is 14.1. The maximum Gasteiger partial charge on any atom is 0.158 e. The molecule has 1 aromatic heterocycles. The van der Waals surface area contributed by atoms with Crippen LogP contribution in [0.25, 0.3) is 10.9 Å². The van der Waals surface area contributed by atoms with Crippen LogP contribution in [0.1, 0.15) is 13.3 Å². The molecule has 0 fully saturated rings. The molecule has 0 amide bonds. The van der Waals surface area contributed by atoms with E-state index in [0.29, 0.717) is 17.5 Å². The largest absolute Gasteiger partial charge is 0.490 e. The van der Waals surface area contributed by atoms with Crippen LogP contribution in [0.3, 0.4) is 0 Å². The van der Waals surface area contributed by atoms with Crippen molar-refractivity contribution >= 4 is 61.0 Å². The lowest BCUT2D eigenvalue weighted by Crippen LogP contribution is -2.13. The first-order chi connectivity index (χ1) is 9.17. The molecule has 1 atom stereocenters. The summed E-state index contributed by atoms with van der Waals surface area (Å²) in [6.07, 6.45) is 2.85. The molecule has 0 aliphatic rings. The van der Waals surface area contributed by atoms with Crippen molar-refractivity contribution in [1.29, 1.82) is 0 Å². The van der Waals surface area contributed by atoms with Crippen LogP contribution in [-0.4, -0.2) is 16.9 Å². The third-order valence-corrected chi connectivity index (χ3v) is 5.04. The third kappa shape index (κ3) is 3.52. The first-order valence-corrected chi connectivity index (χ1v) is 8.66. The van der Waals surface area contributed by atoms with Crippen molar-refractivity contribution in [3.63, 3.8) is 0 Å². The minimum Gasteiger partial charge on any atom is -0.490 e. The van der Waals surface area contributed by atoms with Gasteiger partial charge in [-0.05, 0) is 47.2 Å². The Labute approximate surface area is 140 Å². The summed E-state index contributed by atoms with van der Waals surface area (Å²) in [6, 6.07) is 5.78. The van der Waals surface area contributed by atoms with Crippen LogP contribution in [0.15, 0.2) is 24.4 Å². The van der Waals surface area contributed by atoms with Gasteiger partial charge in [0, 0.05) is 22.8 Å². The summed E-state index contributed by atoms with van der Waals surface area (Å²) in [7, 11) is 0. The lowest BCUT2D eigenvalue weighted by atomic mass is 10.1. The smallest absolute Gasteiger partial charge is 0.158 e. The van der Waals surface area contributed by atoms with Crippen molar-refractivity contribution < 1.29 is 4.74 Å². The number of benzene rings is 1. The normalized spacial score (nSPS) is 12.6. The van der Waals surface area contributed by atoms with E-state index in [0.717, 1.165) is 32.0 Å². The molecule has 0 aliphatic heterocycles. The van der Waals surface area contributed by atoms with Gasteiger partial charge in [-0.3, -0.25) is 4.98 Å². The van der Waals surface area contributed by atoms with Gasteiger partial charge in [0.1, 0.15) is 5.52 Å². The van der Waals surface area contributed by atoms with Crippen molar-refractivity contribution in [3.05, 3.63) is 33.0 Å². The molecule has 2 aromatic rings. The van der Waals surface area contributed by atoms with Gasteiger partial charge in [-0.1, -0.05) is 34.5 Å². The third-order valence-electron chi connectivity index (χ3n) is 3.01. The first-order valence-electron chi connectivity index (χ1n) is 6.08. The van der Waals surface area contributed by atoms with E-state index >= 15 is 0 Å². The van der Waals surface area contributed by atoms with Gasteiger partial charge in [-0.2, -0.15) is 0 Å². The van der Waals surface area contributed by atoms with E-state index in [-0.39, 0.29) is 0 Å². The van der Waals surface area contributed by atoms with E-state index < -0.39 is 0 Å². The fourth-order valence-corrected chi connectivity index (χ4v) is 3.57. The molecule has 5 heteroatoms. The van der Waals surface area contributed by atoms with E-state index in [9.17, 15) is 0 Å². The first kappa shape index (κ1) is 15.3. The molecule has 0 aliphatic carbocycles. The zero-order valence-corrected chi connectivity index (χ0v) is 15.0. The average molecular weight is 455 g/mol. The maximum atomic E-state index is 6.24. The lowest BCUT2D eigenvalue weighted by Gasteiger charge is -2.16. The number of hydrogen-bond donors (Lipinski definition) is 0. The van der Waals surface area contributed by atoms with Crippen molar-refractivity contribution in [2.45, 2.75) is 13.3 Å². The number of fused-ring (bicyclic) bond motifs is 1. The number of halogens is 3. The molecule has 0 saturated heterocycles. The van der Waals surface area contributed by atoms with Gasteiger partial charge in [-0.15, -0.1) is 0 Å². The van der Waals surface area contributed by atoms with Crippen molar-refractivity contribution in [1.82, 2.24) is 4.98 Å². The molecule has 2 nitrogen and oxygen atoms in total. The summed E-state index contributed by atoms with van der Waals surface area (Å²) < 4.78 is 6.99. The Hall–Kier alpha value is -0.0700. The summed E-state index contributed by atoms with van der Waals surface area (Å²) in [5.74, 6) is 1.34. The molecule has 0 spiro atoms. The van der Waals surface area contributed by atoms with Gasteiger partial charge in [0.25, 0.3) is 0 Å². The number of aromatic nitrogens is 1. The second-order valence-electron chi connectivity index (χ2n) is 4.31. The Morgan fingerprint density at radius 1 is 1.53 bits per heavy atom. The SMILES string of the molecule is CCC(CBr)COc1c(I)cc(Cl)c2cccnc12. The van der Waals surface area contributed by atoms with Gasteiger partial charge in [-0.25, -0.2) is 0 Å². The van der Waals surface area contributed by atoms with Crippen molar-refractivity contribution in [3.8, 4) is 5.75 Å². The predicted molar refractivity (Wildman–Crippen MR) is 92.5 cm³/mol. The van der Waals surface area contributed by atoms with Crippen LogP contribution >= 0.6 is 50.1 Å². The molecule has 2 rings (SSSR count). The summed E-state index contributed by atoms with van der Waals surface area (Å²) >= 11 is 12.0. The summed E-state index contributed by atoms with van der Waals surface area (Å²) in [4.78, 5) is 4.41. The molecule has 0 N–H and O–H groups in total. The van der Waals surface area contributed by atoms with Crippen LogP contribution in [0.5, 0.6) is 5.75 Å². The molecule has 0 bridgehead atoms. The van der Waals surface area contributed by atoms with Crippen molar-refractivity contribution in [2.75, 3.05) is 11.9 Å². The van der Waals surface area contributed by atoms with E-state index in [2.05, 4.69) is 50.4 Å². The van der Waals surface area contributed by atoms with Gasteiger partial charge in [0.15, 0.2) is 5.75 Å². The lowest BCUT2D eigenvalue weighted by molar-refractivity contribution is 0.261. The molecular weight excluding hydrogens is 440 g/mol. The zero-order chi connectivity index (χ0) is 13.8. The molecule has 19 heavy (non-hydrogen) atoms. The number of nitrogens with zero attached hydrogens (tertiary/aromatic N) is 1. The number of ether oxygens (including phenoxy) is 1. The monoisotopic (exact) mass is 453 g/mol. The van der Waals surface area contributed by atoms with Gasteiger partial charge >= 0.3 is 0 Å². The second kappa shape index (κ2) is 7.09. The quantitative estimate of drug-likeness (QED) is 0.452. The van der Waals surface area contributed by atoms with Crippen molar-refractivity contribution in [2.24, 2.45) is 5.92 Å². The van der Waals surface area contributed by atoms with Crippen LogP contribution in [0.2, 0.25) is 5.02 Å². The van der Waals surface area contributed by atoms with E-state index in [1.54, 1.807) is 6.20 Å². The molecule has 1 unspecified atom stereocenters. The van der Waals surface area contributed by atoms with Crippen LogP contribution < -0.4 is 4.74 Å². The number of rotatable bonds is 5. The van der Waals surface area contributed by atoms with Crippen LogP contribution in [0, 0.1) is 9.49 Å². The van der Waals surface area contributed by atoms with Crippen LogP contribution in [-0.2, 0) is 0 Å². The minimum absolute atomic E-state index is 0.505. The maximum absolute atomic E-state index is 6.24. The van der Waals surface area contributed by atoms with Gasteiger partial charge in [0.05, 0.1) is 15.2 Å². The highest BCUT2D eigenvalue weighted by atomic mass is 127. The highest BCUT2D eigenvalue weighted by Crippen LogP contribution is 2.34. The summed E-state index contributed by atoms with van der Waals surface area (Å²) in [5, 5.41) is 2.60. The Morgan fingerprint density at radius 2 is 2.32 bits per heavy atom. The van der Waals surface area contributed by atoms with E-state index in [1.165, 1.54) is 0 Å². The molecule has 0 radical (unpaired) electrons. The van der Waals surface area contributed by atoms with Gasteiger partial charge < -0.3 is 4.74 Å². The average Bonchev–Trinajstić information content (AvgIpc) is 2.43. The predicted octanol–water partition coefficient (Wildman–Crippen LogP) is 5.29.